The normalized spacial score (nSPS) is 11.1. The van der Waals surface area contributed by atoms with Crippen molar-refractivity contribution in [3.8, 4) is 26.9 Å². The van der Waals surface area contributed by atoms with Crippen LogP contribution in [0.25, 0.3) is 32.1 Å². The molecular formula is C22H17N2O5S-. The zero-order valence-corrected chi connectivity index (χ0v) is 16.9. The summed E-state index contributed by atoms with van der Waals surface area (Å²) in [7, 11) is 0. The molecule has 2 heterocycles. The number of rotatable bonds is 6. The van der Waals surface area contributed by atoms with Crippen LogP contribution in [0.5, 0.6) is 5.75 Å². The minimum Gasteiger partial charge on any atom is -0.550 e. The van der Waals surface area contributed by atoms with E-state index in [1.807, 2.05) is 37.3 Å². The molecule has 4 aromatic rings. The van der Waals surface area contributed by atoms with E-state index < -0.39 is 5.97 Å². The highest BCUT2D eigenvalue weighted by Crippen LogP contribution is 2.33. The zero-order chi connectivity index (χ0) is 21.3. The Morgan fingerprint density at radius 3 is 2.60 bits per heavy atom. The Bertz CT molecular complexity index is 1290. The van der Waals surface area contributed by atoms with Gasteiger partial charge in [-0.05, 0) is 24.5 Å². The highest BCUT2D eigenvalue weighted by atomic mass is 32.1. The minimum absolute atomic E-state index is 0.0223. The third kappa shape index (κ3) is 3.69. The van der Waals surface area contributed by atoms with Gasteiger partial charge in [-0.1, -0.05) is 48.6 Å². The summed E-state index contributed by atoms with van der Waals surface area (Å²) in [6.45, 7) is 1.87. The van der Waals surface area contributed by atoms with Crippen LogP contribution in [0.4, 0.5) is 0 Å². The maximum atomic E-state index is 13.4. The number of hydrogen-bond donors (Lipinski definition) is 1. The molecule has 0 unspecified atom stereocenters. The summed E-state index contributed by atoms with van der Waals surface area (Å²) in [5.74, 6) is -1.06. The lowest BCUT2D eigenvalue weighted by Crippen LogP contribution is -2.23. The monoisotopic (exact) mass is 421 g/mol. The fourth-order valence-corrected chi connectivity index (χ4v) is 4.14. The summed E-state index contributed by atoms with van der Waals surface area (Å²) in [4.78, 5) is 24.4. The lowest BCUT2D eigenvalue weighted by atomic mass is 10.0. The Kier molecular flexibility index (Phi) is 5.33. The van der Waals surface area contributed by atoms with E-state index in [4.69, 9.17) is 4.42 Å². The van der Waals surface area contributed by atoms with E-state index in [0.29, 0.717) is 27.4 Å². The first-order valence-corrected chi connectivity index (χ1v) is 10.2. The summed E-state index contributed by atoms with van der Waals surface area (Å²) in [6, 6.07) is 12.4. The van der Waals surface area contributed by atoms with Crippen molar-refractivity contribution in [2.45, 2.75) is 26.2 Å². The van der Waals surface area contributed by atoms with Gasteiger partial charge in [-0.3, -0.25) is 4.79 Å². The summed E-state index contributed by atoms with van der Waals surface area (Å²) >= 11 is 1.23. The van der Waals surface area contributed by atoms with Gasteiger partial charge in [0.25, 0.3) is 0 Å². The molecule has 30 heavy (non-hydrogen) atoms. The third-order valence-corrected chi connectivity index (χ3v) is 5.75. The fraction of sp³-hybridized carbons (Fsp3) is 0.182. The number of nitrogens with zero attached hydrogens (tertiary/aromatic N) is 2. The zero-order valence-electron chi connectivity index (χ0n) is 16.0. The second kappa shape index (κ2) is 8.08. The topological polar surface area (TPSA) is 116 Å². The van der Waals surface area contributed by atoms with Gasteiger partial charge in [0.15, 0.2) is 5.01 Å². The van der Waals surface area contributed by atoms with Crippen LogP contribution in [0.3, 0.4) is 0 Å². The number of aryl methyl sites for hydroxylation is 2. The number of carboxylic acids is 1. The smallest absolute Gasteiger partial charge is 0.203 e. The van der Waals surface area contributed by atoms with E-state index in [0.717, 1.165) is 5.56 Å². The molecule has 0 saturated carbocycles. The number of phenols is 1. The van der Waals surface area contributed by atoms with Crippen molar-refractivity contribution >= 4 is 28.3 Å². The number of benzene rings is 2. The summed E-state index contributed by atoms with van der Waals surface area (Å²) in [5.41, 5.74) is 1.53. The van der Waals surface area contributed by atoms with Gasteiger partial charge in [0, 0.05) is 24.0 Å². The molecule has 0 spiro atoms. The molecule has 0 bridgehead atoms. The van der Waals surface area contributed by atoms with Gasteiger partial charge in [0.2, 0.25) is 5.43 Å². The first-order chi connectivity index (χ1) is 14.5. The second-order valence-corrected chi connectivity index (χ2v) is 7.69. The third-order valence-electron chi connectivity index (χ3n) is 4.76. The van der Waals surface area contributed by atoms with Crippen molar-refractivity contribution in [1.82, 2.24) is 10.2 Å². The van der Waals surface area contributed by atoms with Crippen molar-refractivity contribution < 1.29 is 19.4 Å². The van der Waals surface area contributed by atoms with Gasteiger partial charge < -0.3 is 19.4 Å². The molecule has 0 aliphatic rings. The van der Waals surface area contributed by atoms with Gasteiger partial charge >= 0.3 is 0 Å². The van der Waals surface area contributed by atoms with Crippen LogP contribution < -0.4 is 10.5 Å². The molecule has 0 atom stereocenters. The Morgan fingerprint density at radius 2 is 1.90 bits per heavy atom. The van der Waals surface area contributed by atoms with E-state index >= 15 is 0 Å². The predicted molar refractivity (Wildman–Crippen MR) is 111 cm³/mol. The molecule has 1 N–H and O–H groups in total. The van der Waals surface area contributed by atoms with Crippen LogP contribution in [-0.4, -0.2) is 21.3 Å². The first-order valence-electron chi connectivity index (χ1n) is 9.38. The molecule has 0 fully saturated rings. The van der Waals surface area contributed by atoms with Crippen molar-refractivity contribution in [3.05, 3.63) is 64.0 Å². The van der Waals surface area contributed by atoms with Gasteiger partial charge in [0.1, 0.15) is 22.1 Å². The second-order valence-electron chi connectivity index (χ2n) is 6.71. The largest absolute Gasteiger partial charge is 0.550 e. The molecule has 152 valence electrons. The number of fused-ring (bicyclic) bond motifs is 1. The number of aliphatic carboxylic acids is 1. The first kappa shape index (κ1) is 19.8. The Balaban J connectivity index is 1.92. The van der Waals surface area contributed by atoms with Crippen molar-refractivity contribution in [2.24, 2.45) is 0 Å². The Morgan fingerprint density at radius 1 is 1.17 bits per heavy atom. The van der Waals surface area contributed by atoms with Crippen molar-refractivity contribution in [2.75, 3.05) is 0 Å². The molecule has 2 aromatic heterocycles. The quantitative estimate of drug-likeness (QED) is 0.509. The minimum atomic E-state index is -1.25. The number of aromatic hydroxyl groups is 1. The standard InChI is InChI=1S/C22H18N2O5S/c1-2-12-10-14-17(11-15(12)25)29-16(8-9-18(26)27)19(20(14)28)22-24-23-21(30-22)13-6-4-3-5-7-13/h3-7,10-11,25H,2,8-9H2,1H3,(H,26,27)/p-1. The van der Waals surface area contributed by atoms with E-state index in [9.17, 15) is 19.8 Å². The van der Waals surface area contributed by atoms with Gasteiger partial charge in [-0.15, -0.1) is 10.2 Å². The summed E-state index contributed by atoms with van der Waals surface area (Å²) < 4.78 is 5.86. The number of aromatic nitrogens is 2. The molecule has 0 aliphatic heterocycles. The average molecular weight is 421 g/mol. The van der Waals surface area contributed by atoms with Gasteiger partial charge in [0.05, 0.1) is 10.9 Å². The maximum Gasteiger partial charge on any atom is 0.203 e. The SMILES string of the molecule is CCc1cc2c(=O)c(-c3nnc(-c4ccccc4)s3)c(CCC(=O)[O-])oc2cc1O. The number of hydrogen-bond acceptors (Lipinski definition) is 8. The van der Waals surface area contributed by atoms with Crippen molar-refractivity contribution in [3.63, 3.8) is 0 Å². The Labute approximate surface area is 175 Å². The van der Waals surface area contributed by atoms with Crippen LogP contribution in [-0.2, 0) is 17.6 Å². The number of carbonyl (C=O) groups is 1. The number of carboxylic acid groups (broad SMARTS) is 1. The number of carbonyl (C=O) groups excluding carboxylic acids is 1. The summed E-state index contributed by atoms with van der Waals surface area (Å²) in [6.07, 6.45) is 0.185. The van der Waals surface area contributed by atoms with Crippen LogP contribution in [0, 0.1) is 0 Å². The fourth-order valence-electron chi connectivity index (χ4n) is 3.23. The van der Waals surface area contributed by atoms with Crippen LogP contribution >= 0.6 is 11.3 Å². The Hall–Kier alpha value is -3.52. The van der Waals surface area contributed by atoms with E-state index in [2.05, 4.69) is 10.2 Å². The molecule has 0 radical (unpaired) electrons. The molecule has 0 saturated heterocycles. The van der Waals surface area contributed by atoms with Gasteiger partial charge in [-0.25, -0.2) is 0 Å². The van der Waals surface area contributed by atoms with Crippen LogP contribution in [0.15, 0.2) is 51.7 Å². The molecule has 0 aliphatic carbocycles. The molecule has 2 aromatic carbocycles. The highest BCUT2D eigenvalue weighted by Gasteiger charge is 2.21. The van der Waals surface area contributed by atoms with E-state index in [-0.39, 0.29) is 40.9 Å². The molecule has 7 nitrogen and oxygen atoms in total. The molecule has 8 heteroatoms. The van der Waals surface area contributed by atoms with E-state index in [1.54, 1.807) is 6.07 Å². The average Bonchev–Trinajstić information content (AvgIpc) is 3.22. The highest BCUT2D eigenvalue weighted by molar-refractivity contribution is 7.17. The molecule has 0 amide bonds. The van der Waals surface area contributed by atoms with Gasteiger partial charge in [-0.2, -0.15) is 0 Å². The molecular weight excluding hydrogens is 404 g/mol. The van der Waals surface area contributed by atoms with Crippen LogP contribution in [0.1, 0.15) is 24.7 Å². The van der Waals surface area contributed by atoms with Crippen LogP contribution in [0.2, 0.25) is 0 Å². The summed E-state index contributed by atoms with van der Waals surface area (Å²) in [5, 5.41) is 30.8. The lowest BCUT2D eigenvalue weighted by molar-refractivity contribution is -0.305. The van der Waals surface area contributed by atoms with Crippen molar-refractivity contribution in [1.29, 1.82) is 0 Å². The van der Waals surface area contributed by atoms with E-state index in [1.165, 1.54) is 17.4 Å². The maximum absolute atomic E-state index is 13.4. The molecule has 4 rings (SSSR count). The number of phenolic OH excluding ortho intramolecular Hbond substituents is 1. The lowest BCUT2D eigenvalue weighted by Gasteiger charge is -2.10. The predicted octanol–water partition coefficient (Wildman–Crippen LogP) is 2.93.